The first-order valence-electron chi connectivity index (χ1n) is 8.35. The van der Waals surface area contributed by atoms with E-state index in [0.717, 1.165) is 16.9 Å². The Morgan fingerprint density at radius 3 is 2.21 bits per heavy atom. The first-order chi connectivity index (χ1) is 11.6. The minimum atomic E-state index is -0.490. The minimum Gasteiger partial charge on any atom is -0.494 e. The third kappa shape index (κ3) is 5.30. The van der Waals surface area contributed by atoms with Crippen molar-refractivity contribution in [2.75, 3.05) is 6.61 Å². The number of rotatable bonds is 8. The summed E-state index contributed by atoms with van der Waals surface area (Å²) >= 11 is 0. The van der Waals surface area contributed by atoms with Gasteiger partial charge in [-0.3, -0.25) is 4.79 Å². The fourth-order valence-corrected chi connectivity index (χ4v) is 2.28. The molecule has 0 fully saturated rings. The minimum absolute atomic E-state index is 0.105. The highest BCUT2D eigenvalue weighted by molar-refractivity contribution is 5.81. The second-order valence-electron chi connectivity index (χ2n) is 5.62. The molecule has 0 aliphatic rings. The summed E-state index contributed by atoms with van der Waals surface area (Å²) in [6.45, 7) is 7.02. The molecule has 128 valence electrons. The molecule has 0 radical (unpaired) electrons. The van der Waals surface area contributed by atoms with Gasteiger partial charge >= 0.3 is 0 Å². The zero-order valence-electron chi connectivity index (χ0n) is 14.5. The molecule has 0 aliphatic carbocycles. The lowest BCUT2D eigenvalue weighted by Crippen LogP contribution is -2.37. The van der Waals surface area contributed by atoms with Crippen LogP contribution in [0.25, 0.3) is 0 Å². The predicted octanol–water partition coefficient (Wildman–Crippen LogP) is 3.87. The van der Waals surface area contributed by atoms with Crippen molar-refractivity contribution in [3.63, 3.8) is 0 Å². The number of hydrogen-bond donors (Lipinski definition) is 1. The molecule has 24 heavy (non-hydrogen) atoms. The maximum Gasteiger partial charge on any atom is 0.261 e. The Hall–Kier alpha value is -2.49. The first kappa shape index (κ1) is 17.9. The first-order valence-corrected chi connectivity index (χ1v) is 8.35. The molecule has 0 bridgehead atoms. The van der Waals surface area contributed by atoms with Crippen molar-refractivity contribution >= 4 is 5.91 Å². The van der Waals surface area contributed by atoms with Gasteiger partial charge in [-0.25, -0.2) is 0 Å². The van der Waals surface area contributed by atoms with Crippen LogP contribution in [0, 0.1) is 6.92 Å². The van der Waals surface area contributed by atoms with E-state index < -0.39 is 6.10 Å². The van der Waals surface area contributed by atoms with Gasteiger partial charge in [0.15, 0.2) is 6.10 Å². The van der Waals surface area contributed by atoms with Gasteiger partial charge in [-0.2, -0.15) is 0 Å². The molecule has 1 amide bonds. The van der Waals surface area contributed by atoms with Gasteiger partial charge in [0.05, 0.1) is 6.61 Å². The van der Waals surface area contributed by atoms with Crippen LogP contribution < -0.4 is 14.8 Å². The number of hydrogen-bond acceptors (Lipinski definition) is 3. The maximum atomic E-state index is 12.3. The molecule has 0 aromatic heterocycles. The van der Waals surface area contributed by atoms with Crippen molar-refractivity contribution in [3.05, 3.63) is 59.7 Å². The lowest BCUT2D eigenvalue weighted by atomic mass is 10.2. The Bertz CT molecular complexity index is 635. The largest absolute Gasteiger partial charge is 0.494 e. The third-order valence-corrected chi connectivity index (χ3v) is 3.66. The van der Waals surface area contributed by atoms with Gasteiger partial charge in [-0.1, -0.05) is 36.8 Å². The Labute approximate surface area is 143 Å². The Morgan fingerprint density at radius 1 is 1.00 bits per heavy atom. The van der Waals surface area contributed by atoms with Crippen LogP contribution in [0.3, 0.4) is 0 Å². The van der Waals surface area contributed by atoms with E-state index in [1.54, 1.807) is 0 Å². The normalized spacial score (nSPS) is 11.6. The molecule has 2 aromatic carbocycles. The average Bonchev–Trinajstić information content (AvgIpc) is 2.60. The maximum absolute atomic E-state index is 12.3. The Balaban J connectivity index is 1.88. The zero-order valence-corrected chi connectivity index (χ0v) is 14.5. The number of nitrogens with one attached hydrogen (secondary N) is 1. The van der Waals surface area contributed by atoms with Gasteiger partial charge in [0.1, 0.15) is 11.5 Å². The summed E-state index contributed by atoms with van der Waals surface area (Å²) in [5.41, 5.74) is 2.19. The number of ether oxygens (including phenoxy) is 2. The molecule has 2 aromatic rings. The second kappa shape index (κ2) is 8.96. The van der Waals surface area contributed by atoms with Crippen LogP contribution in [0.2, 0.25) is 0 Å². The molecular weight excluding hydrogens is 302 g/mol. The van der Waals surface area contributed by atoms with Crippen molar-refractivity contribution < 1.29 is 14.3 Å². The summed E-state index contributed by atoms with van der Waals surface area (Å²) < 4.78 is 11.2. The van der Waals surface area contributed by atoms with Crippen LogP contribution >= 0.6 is 0 Å². The summed E-state index contributed by atoms with van der Waals surface area (Å²) in [4.78, 5) is 12.3. The second-order valence-corrected chi connectivity index (χ2v) is 5.62. The van der Waals surface area contributed by atoms with Crippen LogP contribution in [-0.2, 0) is 11.3 Å². The molecule has 0 spiro atoms. The summed E-state index contributed by atoms with van der Waals surface area (Å²) in [6.07, 6.45) is 0.124. The van der Waals surface area contributed by atoms with Crippen LogP contribution in [0.5, 0.6) is 11.5 Å². The third-order valence-electron chi connectivity index (χ3n) is 3.66. The highest BCUT2D eigenvalue weighted by atomic mass is 16.5. The summed E-state index contributed by atoms with van der Waals surface area (Å²) in [6, 6.07) is 15.4. The van der Waals surface area contributed by atoms with Crippen LogP contribution in [0.1, 0.15) is 31.4 Å². The van der Waals surface area contributed by atoms with E-state index >= 15 is 0 Å². The van der Waals surface area contributed by atoms with Crippen LogP contribution in [-0.4, -0.2) is 18.6 Å². The van der Waals surface area contributed by atoms with Crippen molar-refractivity contribution in [3.8, 4) is 11.5 Å². The Kier molecular flexibility index (Phi) is 6.67. The fourth-order valence-electron chi connectivity index (χ4n) is 2.28. The topological polar surface area (TPSA) is 47.6 Å². The molecule has 2 rings (SSSR count). The van der Waals surface area contributed by atoms with Gasteiger partial charge < -0.3 is 14.8 Å². The number of carbonyl (C=O) groups is 1. The highest BCUT2D eigenvalue weighted by Crippen LogP contribution is 2.15. The molecule has 0 saturated heterocycles. The average molecular weight is 327 g/mol. The highest BCUT2D eigenvalue weighted by Gasteiger charge is 2.17. The molecule has 1 unspecified atom stereocenters. The van der Waals surface area contributed by atoms with Crippen LogP contribution in [0.4, 0.5) is 0 Å². The summed E-state index contributed by atoms with van der Waals surface area (Å²) in [7, 11) is 0. The van der Waals surface area contributed by atoms with Crippen molar-refractivity contribution in [1.29, 1.82) is 0 Å². The molecular formula is C20H25NO3. The van der Waals surface area contributed by atoms with E-state index in [2.05, 4.69) is 5.32 Å². The van der Waals surface area contributed by atoms with Crippen molar-refractivity contribution in [2.24, 2.45) is 0 Å². The van der Waals surface area contributed by atoms with E-state index in [1.807, 2.05) is 69.3 Å². The van der Waals surface area contributed by atoms with Crippen molar-refractivity contribution in [1.82, 2.24) is 5.32 Å². The molecule has 4 nitrogen and oxygen atoms in total. The van der Waals surface area contributed by atoms with Gasteiger partial charge in [0, 0.05) is 6.54 Å². The lowest BCUT2D eigenvalue weighted by Gasteiger charge is -2.17. The monoisotopic (exact) mass is 327 g/mol. The van der Waals surface area contributed by atoms with Gasteiger partial charge in [-0.15, -0.1) is 0 Å². The Morgan fingerprint density at radius 2 is 1.62 bits per heavy atom. The van der Waals surface area contributed by atoms with Gasteiger partial charge in [-0.05, 0) is 50.1 Å². The number of carbonyl (C=O) groups excluding carboxylic acids is 1. The van der Waals surface area contributed by atoms with E-state index in [-0.39, 0.29) is 5.91 Å². The summed E-state index contributed by atoms with van der Waals surface area (Å²) in [5, 5.41) is 2.93. The molecule has 0 aliphatic heterocycles. The number of benzene rings is 2. The molecule has 0 saturated carbocycles. The lowest BCUT2D eigenvalue weighted by molar-refractivity contribution is -0.128. The smallest absolute Gasteiger partial charge is 0.261 e. The predicted molar refractivity (Wildman–Crippen MR) is 95.3 cm³/mol. The number of amides is 1. The molecule has 1 N–H and O–H groups in total. The van der Waals surface area contributed by atoms with Crippen molar-refractivity contribution in [2.45, 2.75) is 39.8 Å². The van der Waals surface area contributed by atoms with E-state index in [4.69, 9.17) is 9.47 Å². The standard InChI is InChI=1S/C20H25NO3/c1-4-19(24-18-10-6-15(3)7-11-18)20(22)21-14-16-8-12-17(13-9-16)23-5-2/h6-13,19H,4-5,14H2,1-3H3,(H,21,22). The SMILES string of the molecule is CCOc1ccc(CNC(=O)C(CC)Oc2ccc(C)cc2)cc1. The zero-order chi connectivity index (χ0) is 17.4. The van der Waals surface area contributed by atoms with Gasteiger partial charge in [0.2, 0.25) is 0 Å². The van der Waals surface area contributed by atoms with Crippen LogP contribution in [0.15, 0.2) is 48.5 Å². The van der Waals surface area contributed by atoms with E-state index in [9.17, 15) is 4.79 Å². The van der Waals surface area contributed by atoms with E-state index in [0.29, 0.717) is 25.3 Å². The quantitative estimate of drug-likeness (QED) is 0.801. The number of aryl methyl sites for hydroxylation is 1. The van der Waals surface area contributed by atoms with E-state index in [1.165, 1.54) is 0 Å². The summed E-state index contributed by atoms with van der Waals surface area (Å²) in [5.74, 6) is 1.44. The fraction of sp³-hybridized carbons (Fsp3) is 0.350. The molecule has 1 atom stereocenters. The molecule has 4 heteroatoms. The van der Waals surface area contributed by atoms with Gasteiger partial charge in [0.25, 0.3) is 5.91 Å². The molecule has 0 heterocycles.